The summed E-state index contributed by atoms with van der Waals surface area (Å²) in [4.78, 5) is 27.0. The lowest BCUT2D eigenvalue weighted by Gasteiger charge is -2.12. The topological polar surface area (TPSA) is 70.5 Å². The van der Waals surface area contributed by atoms with Crippen LogP contribution in [0.15, 0.2) is 6.20 Å². The number of thiazole rings is 1. The van der Waals surface area contributed by atoms with E-state index >= 15 is 0 Å². The van der Waals surface area contributed by atoms with Crippen molar-refractivity contribution in [3.8, 4) is 0 Å². The fraction of sp³-hybridized carbons (Fsp3) is 0.500. The third kappa shape index (κ3) is 5.25. The second-order valence-corrected chi connectivity index (χ2v) is 4.90. The number of hydrogen-bond donors (Lipinski definition) is 1. The molecule has 0 aliphatic carbocycles. The van der Waals surface area contributed by atoms with Gasteiger partial charge in [-0.05, 0) is 0 Å². The van der Waals surface area contributed by atoms with E-state index in [2.05, 4.69) is 4.98 Å². The van der Waals surface area contributed by atoms with Gasteiger partial charge in [0.25, 0.3) is 5.91 Å². The first-order valence-electron chi connectivity index (χ1n) is 5.18. The van der Waals surface area contributed by atoms with Gasteiger partial charge in [0.1, 0.15) is 11.4 Å². The van der Waals surface area contributed by atoms with Crippen molar-refractivity contribution in [3.05, 3.63) is 16.1 Å². The van der Waals surface area contributed by atoms with E-state index < -0.39 is 31.0 Å². The monoisotopic (exact) mass is 296 g/mol. The number of likely N-dealkylation sites (N-methyl/N-ethyl adjacent to an activating group) is 1. The van der Waals surface area contributed by atoms with E-state index in [9.17, 15) is 22.8 Å². The standard InChI is InChI=1S/C10H11F3N2O3S/c1-15(5-8(16)17)9(18)6-4-14-7(19-6)2-3-10(11,12)13/h4H,2-3,5H2,1H3,(H,16,17). The molecule has 0 radical (unpaired) electrons. The SMILES string of the molecule is CN(CC(=O)O)C(=O)c1cnc(CCC(F)(F)F)s1. The number of carbonyl (C=O) groups is 2. The van der Waals surface area contributed by atoms with Crippen LogP contribution < -0.4 is 0 Å². The molecule has 1 amide bonds. The van der Waals surface area contributed by atoms with Gasteiger partial charge in [0, 0.05) is 19.9 Å². The third-order valence-corrected chi connectivity index (χ3v) is 3.15. The van der Waals surface area contributed by atoms with E-state index in [1.807, 2.05) is 0 Å². The molecule has 1 heterocycles. The van der Waals surface area contributed by atoms with Crippen LogP contribution in [0.2, 0.25) is 0 Å². The van der Waals surface area contributed by atoms with Crippen LogP contribution in [-0.2, 0) is 11.2 Å². The molecule has 0 aliphatic rings. The maximum absolute atomic E-state index is 12.0. The molecule has 1 aromatic heterocycles. The molecule has 0 aromatic carbocycles. The van der Waals surface area contributed by atoms with E-state index in [-0.39, 0.29) is 16.3 Å². The van der Waals surface area contributed by atoms with Crippen molar-refractivity contribution in [1.29, 1.82) is 0 Å². The molecule has 5 nitrogen and oxygen atoms in total. The normalized spacial score (nSPS) is 11.4. The van der Waals surface area contributed by atoms with Crippen molar-refractivity contribution in [1.82, 2.24) is 9.88 Å². The number of carbonyl (C=O) groups excluding carboxylic acids is 1. The van der Waals surface area contributed by atoms with Crippen molar-refractivity contribution < 1.29 is 27.9 Å². The Hall–Kier alpha value is -1.64. The minimum Gasteiger partial charge on any atom is -0.480 e. The Bertz CT molecular complexity index is 473. The first-order chi connectivity index (χ1) is 8.69. The molecule has 0 fully saturated rings. The Kier molecular flexibility index (Phi) is 4.87. The maximum atomic E-state index is 12.0. The zero-order chi connectivity index (χ0) is 14.6. The molecule has 1 rings (SSSR count). The highest BCUT2D eigenvalue weighted by Gasteiger charge is 2.27. The number of nitrogens with zero attached hydrogens (tertiary/aromatic N) is 2. The van der Waals surface area contributed by atoms with Gasteiger partial charge in [-0.25, -0.2) is 4.98 Å². The van der Waals surface area contributed by atoms with Gasteiger partial charge in [-0.3, -0.25) is 9.59 Å². The number of carboxylic acid groups (broad SMARTS) is 1. The Labute approximate surface area is 110 Å². The van der Waals surface area contributed by atoms with E-state index in [0.717, 1.165) is 22.4 Å². The lowest BCUT2D eigenvalue weighted by atomic mass is 10.3. The van der Waals surface area contributed by atoms with Gasteiger partial charge in [-0.2, -0.15) is 13.2 Å². The number of aliphatic carboxylic acids is 1. The van der Waals surface area contributed by atoms with Crippen molar-refractivity contribution in [2.45, 2.75) is 19.0 Å². The number of alkyl halides is 3. The van der Waals surface area contributed by atoms with Crippen LogP contribution in [0.5, 0.6) is 0 Å². The molecule has 0 saturated heterocycles. The maximum Gasteiger partial charge on any atom is 0.389 e. The average molecular weight is 296 g/mol. The number of rotatable bonds is 5. The fourth-order valence-corrected chi connectivity index (χ4v) is 2.15. The van der Waals surface area contributed by atoms with Gasteiger partial charge in [0.2, 0.25) is 0 Å². The third-order valence-electron chi connectivity index (χ3n) is 2.11. The van der Waals surface area contributed by atoms with Gasteiger partial charge in [0.15, 0.2) is 0 Å². The molecule has 0 saturated carbocycles. The lowest BCUT2D eigenvalue weighted by Crippen LogP contribution is -2.31. The molecule has 1 N–H and O–H groups in total. The summed E-state index contributed by atoms with van der Waals surface area (Å²) >= 11 is 0.842. The van der Waals surface area contributed by atoms with Crippen LogP contribution in [0.4, 0.5) is 13.2 Å². The first kappa shape index (κ1) is 15.4. The molecule has 1 aromatic rings. The summed E-state index contributed by atoms with van der Waals surface area (Å²) < 4.78 is 36.0. The molecule has 19 heavy (non-hydrogen) atoms. The molecule has 9 heteroatoms. The van der Waals surface area contributed by atoms with Crippen molar-refractivity contribution in [3.63, 3.8) is 0 Å². The summed E-state index contributed by atoms with van der Waals surface area (Å²) in [5.74, 6) is -1.74. The van der Waals surface area contributed by atoms with Gasteiger partial charge in [-0.15, -0.1) is 11.3 Å². The summed E-state index contributed by atoms with van der Waals surface area (Å²) in [7, 11) is 1.30. The fourth-order valence-electron chi connectivity index (χ4n) is 1.24. The summed E-state index contributed by atoms with van der Waals surface area (Å²) in [5.41, 5.74) is 0. The minimum atomic E-state index is -4.27. The number of amides is 1. The first-order valence-corrected chi connectivity index (χ1v) is 5.99. The van der Waals surface area contributed by atoms with Crippen LogP contribution in [-0.4, -0.2) is 46.6 Å². The van der Waals surface area contributed by atoms with Gasteiger partial charge in [-0.1, -0.05) is 0 Å². The summed E-state index contributed by atoms with van der Waals surface area (Å²) in [5, 5.41) is 8.73. The Balaban J connectivity index is 2.63. The highest BCUT2D eigenvalue weighted by molar-refractivity contribution is 7.13. The van der Waals surface area contributed by atoms with Crippen LogP contribution in [0.25, 0.3) is 0 Å². The van der Waals surface area contributed by atoms with Gasteiger partial charge < -0.3 is 10.0 Å². The molecule has 0 atom stereocenters. The molecule has 0 unspecified atom stereocenters. The predicted octanol–water partition coefficient (Wildman–Crippen LogP) is 1.79. The van der Waals surface area contributed by atoms with Crippen molar-refractivity contribution in [2.75, 3.05) is 13.6 Å². The summed E-state index contributed by atoms with van der Waals surface area (Å²) in [6.07, 6.45) is -4.39. The highest BCUT2D eigenvalue weighted by Crippen LogP contribution is 2.24. The van der Waals surface area contributed by atoms with Crippen LogP contribution in [0.1, 0.15) is 21.1 Å². The number of hydrogen-bond acceptors (Lipinski definition) is 4. The smallest absolute Gasteiger partial charge is 0.389 e. The number of carboxylic acids is 1. The molecule has 0 bridgehead atoms. The summed E-state index contributed by atoms with van der Waals surface area (Å²) in [6.45, 7) is -0.478. The molecule has 106 valence electrons. The Morgan fingerprint density at radius 1 is 1.47 bits per heavy atom. The zero-order valence-corrected chi connectivity index (χ0v) is 10.7. The molecule has 0 aliphatic heterocycles. The lowest BCUT2D eigenvalue weighted by molar-refractivity contribution is -0.137. The second-order valence-electron chi connectivity index (χ2n) is 3.79. The van der Waals surface area contributed by atoms with E-state index in [4.69, 9.17) is 5.11 Å². The Morgan fingerprint density at radius 3 is 2.63 bits per heavy atom. The van der Waals surface area contributed by atoms with Crippen molar-refractivity contribution in [2.24, 2.45) is 0 Å². The van der Waals surface area contributed by atoms with E-state index in [1.165, 1.54) is 7.05 Å². The van der Waals surface area contributed by atoms with Gasteiger partial charge in [0.05, 0.1) is 11.2 Å². The number of halogens is 3. The average Bonchev–Trinajstić information content (AvgIpc) is 2.72. The summed E-state index contributed by atoms with van der Waals surface area (Å²) in [6, 6.07) is 0. The minimum absolute atomic E-state index is 0.126. The highest BCUT2D eigenvalue weighted by atomic mass is 32.1. The largest absolute Gasteiger partial charge is 0.480 e. The van der Waals surface area contributed by atoms with Gasteiger partial charge >= 0.3 is 12.1 Å². The number of aryl methyl sites for hydroxylation is 1. The molecular formula is C10H11F3N2O3S. The van der Waals surface area contributed by atoms with Crippen LogP contribution in [0.3, 0.4) is 0 Å². The van der Waals surface area contributed by atoms with E-state index in [1.54, 1.807) is 0 Å². The van der Waals surface area contributed by atoms with E-state index in [0.29, 0.717) is 0 Å². The van der Waals surface area contributed by atoms with Crippen LogP contribution >= 0.6 is 11.3 Å². The zero-order valence-electron chi connectivity index (χ0n) is 9.90. The second kappa shape index (κ2) is 6.00. The molecular weight excluding hydrogens is 285 g/mol. The Morgan fingerprint density at radius 2 is 2.11 bits per heavy atom. The quantitative estimate of drug-likeness (QED) is 0.899. The molecule has 0 spiro atoms. The number of aromatic nitrogens is 1. The van der Waals surface area contributed by atoms with Crippen molar-refractivity contribution >= 4 is 23.2 Å². The predicted molar refractivity (Wildman–Crippen MR) is 61.1 cm³/mol. The van der Waals surface area contributed by atoms with Crippen LogP contribution in [0, 0.1) is 0 Å².